The van der Waals surface area contributed by atoms with Gasteiger partial charge in [-0.2, -0.15) is 0 Å². The predicted molar refractivity (Wildman–Crippen MR) is 115 cm³/mol. The van der Waals surface area contributed by atoms with E-state index in [4.69, 9.17) is 16.0 Å². The highest BCUT2D eigenvalue weighted by molar-refractivity contribution is 6.30. The topological polar surface area (TPSA) is 65.8 Å². The number of benzene rings is 2. The van der Waals surface area contributed by atoms with Gasteiger partial charge in [-0.1, -0.05) is 23.7 Å². The second-order valence-electron chi connectivity index (χ2n) is 7.03. The number of hydrogen-bond donors (Lipinski definition) is 1. The van der Waals surface area contributed by atoms with Gasteiger partial charge in [-0.25, -0.2) is 0 Å². The molecule has 1 saturated heterocycles. The van der Waals surface area contributed by atoms with Gasteiger partial charge in [0.05, 0.1) is 5.39 Å². The summed E-state index contributed by atoms with van der Waals surface area (Å²) in [6.07, 6.45) is 0. The minimum Gasteiger partial charge on any atom is -0.451 e. The van der Waals surface area contributed by atoms with Crippen molar-refractivity contribution < 1.29 is 9.21 Å². The Kier molecular flexibility index (Phi) is 5.83. The summed E-state index contributed by atoms with van der Waals surface area (Å²) in [4.78, 5) is 29.1. The number of anilines is 1. The van der Waals surface area contributed by atoms with Gasteiger partial charge < -0.3 is 14.6 Å². The van der Waals surface area contributed by atoms with E-state index >= 15 is 0 Å². The lowest BCUT2D eigenvalue weighted by atomic mass is 10.2. The number of hydrogen-bond acceptors (Lipinski definition) is 5. The molecular weight excluding hydrogens is 390 g/mol. The third-order valence-electron chi connectivity index (χ3n) is 5.14. The first-order valence-corrected chi connectivity index (χ1v) is 10.0. The van der Waals surface area contributed by atoms with Crippen LogP contribution < -0.4 is 15.6 Å². The quantitative estimate of drug-likeness (QED) is 0.699. The minimum absolute atomic E-state index is 0.0428. The smallest absolute Gasteiger partial charge is 0.287 e. The van der Waals surface area contributed by atoms with Crippen molar-refractivity contribution in [2.24, 2.45) is 0 Å². The Hall–Kier alpha value is -2.83. The highest BCUT2D eigenvalue weighted by Gasteiger charge is 2.18. The van der Waals surface area contributed by atoms with Crippen molar-refractivity contribution in [3.63, 3.8) is 0 Å². The van der Waals surface area contributed by atoms with Gasteiger partial charge in [-0.3, -0.25) is 14.5 Å². The molecule has 2 heterocycles. The van der Waals surface area contributed by atoms with E-state index in [2.05, 4.69) is 15.1 Å². The Morgan fingerprint density at radius 3 is 2.52 bits per heavy atom. The fourth-order valence-electron chi connectivity index (χ4n) is 3.51. The summed E-state index contributed by atoms with van der Waals surface area (Å²) in [5, 5.41) is 4.06. The monoisotopic (exact) mass is 411 g/mol. The van der Waals surface area contributed by atoms with E-state index < -0.39 is 0 Å². The maximum Gasteiger partial charge on any atom is 0.287 e. The van der Waals surface area contributed by atoms with Gasteiger partial charge in [0.15, 0.2) is 11.2 Å². The van der Waals surface area contributed by atoms with E-state index in [0.717, 1.165) is 37.7 Å². The predicted octanol–water partition coefficient (Wildman–Crippen LogP) is 3.00. The Balaban J connectivity index is 1.27. The number of halogens is 1. The summed E-state index contributed by atoms with van der Waals surface area (Å²) in [7, 11) is 0. The maximum atomic E-state index is 12.4. The second kappa shape index (κ2) is 8.68. The molecule has 7 heteroatoms. The van der Waals surface area contributed by atoms with Crippen LogP contribution in [0, 0.1) is 0 Å². The van der Waals surface area contributed by atoms with E-state index in [1.807, 2.05) is 24.3 Å². The molecule has 0 atom stereocenters. The van der Waals surface area contributed by atoms with Gasteiger partial charge in [0, 0.05) is 56.0 Å². The van der Waals surface area contributed by atoms with E-state index in [1.54, 1.807) is 24.3 Å². The van der Waals surface area contributed by atoms with E-state index in [9.17, 15) is 9.59 Å². The molecular formula is C22H22ClN3O3. The van der Waals surface area contributed by atoms with E-state index in [0.29, 0.717) is 17.5 Å². The summed E-state index contributed by atoms with van der Waals surface area (Å²) in [5.41, 5.74) is 1.38. The average molecular weight is 412 g/mol. The van der Waals surface area contributed by atoms with E-state index in [-0.39, 0.29) is 17.1 Å². The van der Waals surface area contributed by atoms with Crippen molar-refractivity contribution in [2.75, 3.05) is 44.2 Å². The molecule has 2 aromatic carbocycles. The number of fused-ring (bicyclic) bond motifs is 1. The molecule has 1 N–H and O–H groups in total. The standard InChI is InChI=1S/C22H22ClN3O3/c23-16-5-7-17(8-6-16)26-13-11-25(12-14-26)10-9-24-22(28)21-15-19(27)18-3-1-2-4-20(18)29-21/h1-8,15H,9-14H2,(H,24,28). The van der Waals surface area contributed by atoms with Crippen LogP contribution in [0.2, 0.25) is 5.02 Å². The van der Waals surface area contributed by atoms with Crippen LogP contribution in [0.15, 0.2) is 63.8 Å². The molecule has 0 saturated carbocycles. The molecule has 29 heavy (non-hydrogen) atoms. The number of carbonyl (C=O) groups excluding carboxylic acids is 1. The molecule has 1 aliphatic rings. The van der Waals surface area contributed by atoms with Crippen molar-refractivity contribution in [2.45, 2.75) is 0 Å². The molecule has 0 radical (unpaired) electrons. The zero-order valence-corrected chi connectivity index (χ0v) is 16.7. The van der Waals surface area contributed by atoms with Crippen LogP contribution in [0.4, 0.5) is 5.69 Å². The van der Waals surface area contributed by atoms with Crippen molar-refractivity contribution in [3.8, 4) is 0 Å². The molecule has 6 nitrogen and oxygen atoms in total. The number of rotatable bonds is 5. The van der Waals surface area contributed by atoms with Crippen LogP contribution in [-0.2, 0) is 0 Å². The highest BCUT2D eigenvalue weighted by Crippen LogP contribution is 2.19. The Labute approximate surface area is 173 Å². The number of nitrogens with one attached hydrogen (secondary N) is 1. The number of carbonyl (C=O) groups is 1. The molecule has 1 fully saturated rings. The molecule has 3 aromatic rings. The van der Waals surface area contributed by atoms with Gasteiger partial charge in [-0.05, 0) is 36.4 Å². The first-order chi connectivity index (χ1) is 14.1. The number of nitrogens with zero attached hydrogens (tertiary/aromatic N) is 2. The number of piperazine rings is 1. The molecule has 1 aliphatic heterocycles. The van der Waals surface area contributed by atoms with Gasteiger partial charge >= 0.3 is 0 Å². The maximum absolute atomic E-state index is 12.4. The van der Waals surface area contributed by atoms with E-state index in [1.165, 1.54) is 11.8 Å². The van der Waals surface area contributed by atoms with Crippen molar-refractivity contribution >= 4 is 34.2 Å². The average Bonchev–Trinajstić information content (AvgIpc) is 2.75. The largest absolute Gasteiger partial charge is 0.451 e. The molecule has 4 rings (SSSR count). The van der Waals surface area contributed by atoms with Crippen LogP contribution in [0.5, 0.6) is 0 Å². The lowest BCUT2D eigenvalue weighted by Crippen LogP contribution is -2.48. The molecule has 0 aliphatic carbocycles. The van der Waals surface area contributed by atoms with Crippen molar-refractivity contribution in [1.29, 1.82) is 0 Å². The first-order valence-electron chi connectivity index (χ1n) is 9.64. The fourth-order valence-corrected chi connectivity index (χ4v) is 3.64. The Morgan fingerprint density at radius 1 is 1.03 bits per heavy atom. The Bertz CT molecular complexity index is 1060. The summed E-state index contributed by atoms with van der Waals surface area (Å²) in [5.74, 6) is -0.325. The van der Waals surface area contributed by atoms with Gasteiger partial charge in [-0.15, -0.1) is 0 Å². The third-order valence-corrected chi connectivity index (χ3v) is 5.39. The molecule has 0 bridgehead atoms. The highest BCUT2D eigenvalue weighted by atomic mass is 35.5. The first kappa shape index (κ1) is 19.5. The molecule has 150 valence electrons. The van der Waals surface area contributed by atoms with Gasteiger partial charge in [0.2, 0.25) is 0 Å². The normalized spacial score (nSPS) is 14.9. The third kappa shape index (κ3) is 4.60. The van der Waals surface area contributed by atoms with Crippen LogP contribution >= 0.6 is 11.6 Å². The number of para-hydroxylation sites is 1. The van der Waals surface area contributed by atoms with Crippen molar-refractivity contribution in [1.82, 2.24) is 10.2 Å². The summed E-state index contributed by atoms with van der Waals surface area (Å²) >= 11 is 5.95. The van der Waals surface area contributed by atoms with Crippen LogP contribution in [-0.4, -0.2) is 50.1 Å². The lowest BCUT2D eigenvalue weighted by Gasteiger charge is -2.36. The minimum atomic E-state index is -0.368. The summed E-state index contributed by atoms with van der Waals surface area (Å²) in [6, 6.07) is 16.1. The van der Waals surface area contributed by atoms with Crippen molar-refractivity contribution in [3.05, 3.63) is 75.6 Å². The molecule has 1 aromatic heterocycles. The molecule has 0 unspecified atom stereocenters. The second-order valence-corrected chi connectivity index (χ2v) is 7.47. The number of amides is 1. The molecule has 0 spiro atoms. The zero-order chi connectivity index (χ0) is 20.2. The summed E-state index contributed by atoms with van der Waals surface area (Å²) < 4.78 is 5.58. The zero-order valence-electron chi connectivity index (χ0n) is 15.9. The van der Waals surface area contributed by atoms with Gasteiger partial charge in [0.25, 0.3) is 5.91 Å². The van der Waals surface area contributed by atoms with Gasteiger partial charge in [0.1, 0.15) is 5.58 Å². The Morgan fingerprint density at radius 2 is 1.76 bits per heavy atom. The van der Waals surface area contributed by atoms with Crippen LogP contribution in [0.25, 0.3) is 11.0 Å². The summed E-state index contributed by atoms with van der Waals surface area (Å²) in [6.45, 7) is 4.94. The fraction of sp³-hybridized carbons (Fsp3) is 0.273. The lowest BCUT2D eigenvalue weighted by molar-refractivity contribution is 0.0920. The SMILES string of the molecule is O=C(NCCN1CCN(c2ccc(Cl)cc2)CC1)c1cc(=O)c2ccccc2o1. The van der Waals surface area contributed by atoms with Crippen LogP contribution in [0.3, 0.4) is 0 Å². The molecule has 1 amide bonds. The van der Waals surface area contributed by atoms with Crippen LogP contribution in [0.1, 0.15) is 10.6 Å².